The van der Waals surface area contributed by atoms with Crippen molar-refractivity contribution >= 4 is 0 Å². The van der Waals surface area contributed by atoms with E-state index in [4.69, 9.17) is 18.9 Å². The summed E-state index contributed by atoms with van der Waals surface area (Å²) < 4.78 is 22.3. The molecule has 1 aromatic rings. The van der Waals surface area contributed by atoms with Gasteiger partial charge in [0.1, 0.15) is 0 Å². The molecule has 0 aromatic heterocycles. The Bertz CT molecular complexity index is 464. The van der Waals surface area contributed by atoms with Crippen molar-refractivity contribution < 1.29 is 18.9 Å². The molecule has 0 bridgehead atoms. The highest BCUT2D eigenvalue weighted by Crippen LogP contribution is 2.46. The summed E-state index contributed by atoms with van der Waals surface area (Å²) in [5, 5.41) is 3.40. The van der Waals surface area contributed by atoms with E-state index in [1.165, 1.54) is 0 Å². The van der Waals surface area contributed by atoms with E-state index in [0.29, 0.717) is 23.2 Å². The normalized spacial score (nSPS) is 21.3. The molecule has 0 saturated carbocycles. The summed E-state index contributed by atoms with van der Waals surface area (Å²) in [6.07, 6.45) is 1.08. The zero-order chi connectivity index (χ0) is 15.2. The number of methoxy groups -OCH3 is 3. The number of rotatable bonds is 7. The first-order valence-electron chi connectivity index (χ1n) is 7.37. The van der Waals surface area contributed by atoms with Gasteiger partial charge in [-0.3, -0.25) is 0 Å². The summed E-state index contributed by atoms with van der Waals surface area (Å²) in [6.45, 7) is 4.80. The lowest BCUT2D eigenvalue weighted by Crippen LogP contribution is -2.24. The van der Waals surface area contributed by atoms with Gasteiger partial charge >= 0.3 is 0 Å². The van der Waals surface area contributed by atoms with Crippen molar-refractivity contribution in [2.45, 2.75) is 19.4 Å². The molecule has 0 amide bonds. The Hall–Kier alpha value is -1.46. The monoisotopic (exact) mass is 295 g/mol. The van der Waals surface area contributed by atoms with Crippen LogP contribution in [0.4, 0.5) is 0 Å². The molecule has 1 aromatic carbocycles. The average Bonchev–Trinajstić information content (AvgIpc) is 2.99. The lowest BCUT2D eigenvalue weighted by atomic mass is 9.94. The fourth-order valence-electron chi connectivity index (χ4n) is 2.86. The quantitative estimate of drug-likeness (QED) is 0.837. The van der Waals surface area contributed by atoms with E-state index in [1.54, 1.807) is 21.3 Å². The third kappa shape index (κ3) is 3.24. The smallest absolute Gasteiger partial charge is 0.203 e. The Morgan fingerprint density at radius 2 is 1.90 bits per heavy atom. The molecule has 0 radical (unpaired) electrons. The highest BCUT2D eigenvalue weighted by molar-refractivity contribution is 5.56. The summed E-state index contributed by atoms with van der Waals surface area (Å²) in [4.78, 5) is 0. The second kappa shape index (κ2) is 7.52. The first-order valence-corrected chi connectivity index (χ1v) is 7.37. The lowest BCUT2D eigenvalue weighted by Gasteiger charge is -2.23. The van der Waals surface area contributed by atoms with Gasteiger partial charge in [0.2, 0.25) is 5.75 Å². The summed E-state index contributed by atoms with van der Waals surface area (Å²) in [5.74, 6) is 2.43. The third-order valence-corrected chi connectivity index (χ3v) is 3.91. The van der Waals surface area contributed by atoms with Crippen LogP contribution in [-0.4, -0.2) is 41.0 Å². The van der Waals surface area contributed by atoms with E-state index in [2.05, 4.69) is 12.2 Å². The topological polar surface area (TPSA) is 49.0 Å². The zero-order valence-electron chi connectivity index (χ0n) is 13.3. The molecular weight excluding hydrogens is 270 g/mol. The van der Waals surface area contributed by atoms with Crippen molar-refractivity contribution in [2.24, 2.45) is 5.92 Å². The minimum Gasteiger partial charge on any atom is -0.493 e. The van der Waals surface area contributed by atoms with Crippen LogP contribution in [0.5, 0.6) is 17.2 Å². The maximum atomic E-state index is 5.95. The van der Waals surface area contributed by atoms with Crippen molar-refractivity contribution in [3.8, 4) is 17.2 Å². The fraction of sp³-hybridized carbons (Fsp3) is 0.625. The van der Waals surface area contributed by atoms with E-state index < -0.39 is 0 Å². The van der Waals surface area contributed by atoms with Crippen molar-refractivity contribution in [1.82, 2.24) is 5.32 Å². The number of nitrogens with one attached hydrogen (secondary N) is 1. The van der Waals surface area contributed by atoms with Gasteiger partial charge in [-0.2, -0.15) is 0 Å². The maximum Gasteiger partial charge on any atom is 0.203 e. The van der Waals surface area contributed by atoms with Gasteiger partial charge in [-0.05, 0) is 25.1 Å². The molecule has 2 rings (SSSR count). The molecule has 2 unspecified atom stereocenters. The summed E-state index contributed by atoms with van der Waals surface area (Å²) >= 11 is 0. The predicted molar refractivity (Wildman–Crippen MR) is 81.4 cm³/mol. The molecule has 1 fully saturated rings. The Kier molecular flexibility index (Phi) is 5.70. The number of hydrogen-bond donors (Lipinski definition) is 1. The minimum absolute atomic E-state index is 0.0267. The van der Waals surface area contributed by atoms with Crippen LogP contribution in [0.2, 0.25) is 0 Å². The summed E-state index contributed by atoms with van der Waals surface area (Å²) in [5.41, 5.74) is 1.02. The Morgan fingerprint density at radius 3 is 2.52 bits per heavy atom. The Morgan fingerprint density at radius 1 is 1.14 bits per heavy atom. The van der Waals surface area contributed by atoms with Crippen LogP contribution in [0.15, 0.2) is 12.1 Å². The predicted octanol–water partition coefficient (Wildman–Crippen LogP) is 2.40. The second-order valence-corrected chi connectivity index (χ2v) is 5.07. The molecule has 1 N–H and O–H groups in total. The lowest BCUT2D eigenvalue weighted by molar-refractivity contribution is 0.0879. The SMILES string of the molecule is CCNCC1CCOC1c1ccc(OC)c(OC)c1OC. The molecule has 0 aliphatic carbocycles. The molecular formula is C16H25NO4. The van der Waals surface area contributed by atoms with E-state index in [0.717, 1.165) is 31.7 Å². The number of hydrogen-bond acceptors (Lipinski definition) is 5. The Balaban J connectivity index is 2.34. The van der Waals surface area contributed by atoms with Crippen LogP contribution < -0.4 is 19.5 Å². The van der Waals surface area contributed by atoms with E-state index in [9.17, 15) is 0 Å². The third-order valence-electron chi connectivity index (χ3n) is 3.91. The van der Waals surface area contributed by atoms with Crippen LogP contribution >= 0.6 is 0 Å². The molecule has 5 nitrogen and oxygen atoms in total. The maximum absolute atomic E-state index is 5.95. The fourth-order valence-corrected chi connectivity index (χ4v) is 2.86. The van der Waals surface area contributed by atoms with Gasteiger partial charge in [-0.25, -0.2) is 0 Å². The molecule has 118 valence electrons. The van der Waals surface area contributed by atoms with Crippen LogP contribution in [0.3, 0.4) is 0 Å². The zero-order valence-corrected chi connectivity index (χ0v) is 13.3. The first-order chi connectivity index (χ1) is 10.3. The van der Waals surface area contributed by atoms with Gasteiger partial charge in [0, 0.05) is 24.6 Å². The van der Waals surface area contributed by atoms with Gasteiger partial charge in [0.25, 0.3) is 0 Å². The van der Waals surface area contributed by atoms with Crippen LogP contribution in [0.1, 0.15) is 25.0 Å². The van der Waals surface area contributed by atoms with Crippen molar-refractivity contribution in [2.75, 3.05) is 41.0 Å². The van der Waals surface area contributed by atoms with Crippen molar-refractivity contribution in [3.63, 3.8) is 0 Å². The van der Waals surface area contributed by atoms with E-state index >= 15 is 0 Å². The average molecular weight is 295 g/mol. The van der Waals surface area contributed by atoms with Crippen LogP contribution in [0.25, 0.3) is 0 Å². The van der Waals surface area contributed by atoms with Crippen molar-refractivity contribution in [1.29, 1.82) is 0 Å². The van der Waals surface area contributed by atoms with Gasteiger partial charge in [-0.15, -0.1) is 0 Å². The van der Waals surface area contributed by atoms with Gasteiger partial charge in [0.05, 0.1) is 27.4 Å². The highest BCUT2D eigenvalue weighted by Gasteiger charge is 2.33. The largest absolute Gasteiger partial charge is 0.493 e. The number of benzene rings is 1. The molecule has 1 saturated heterocycles. The molecule has 21 heavy (non-hydrogen) atoms. The molecule has 1 aliphatic rings. The van der Waals surface area contributed by atoms with E-state index in [-0.39, 0.29) is 6.10 Å². The van der Waals surface area contributed by atoms with Gasteiger partial charge < -0.3 is 24.3 Å². The Labute approximate surface area is 126 Å². The first kappa shape index (κ1) is 15.9. The number of ether oxygens (including phenoxy) is 4. The summed E-state index contributed by atoms with van der Waals surface area (Å²) in [7, 11) is 4.89. The van der Waals surface area contributed by atoms with Crippen molar-refractivity contribution in [3.05, 3.63) is 17.7 Å². The van der Waals surface area contributed by atoms with Crippen LogP contribution in [-0.2, 0) is 4.74 Å². The van der Waals surface area contributed by atoms with Gasteiger partial charge in [-0.1, -0.05) is 6.92 Å². The standard InChI is InChI=1S/C16H25NO4/c1-5-17-10-11-8-9-21-14(11)12-6-7-13(18-2)16(20-4)15(12)19-3/h6-7,11,14,17H,5,8-10H2,1-4H3. The molecule has 1 heterocycles. The molecule has 0 spiro atoms. The highest BCUT2D eigenvalue weighted by atomic mass is 16.5. The molecule has 2 atom stereocenters. The molecule has 1 aliphatic heterocycles. The second-order valence-electron chi connectivity index (χ2n) is 5.07. The van der Waals surface area contributed by atoms with Gasteiger partial charge in [0.15, 0.2) is 11.5 Å². The molecule has 5 heteroatoms. The minimum atomic E-state index is 0.0267. The van der Waals surface area contributed by atoms with E-state index in [1.807, 2.05) is 12.1 Å². The summed E-state index contributed by atoms with van der Waals surface area (Å²) in [6, 6.07) is 3.91. The van der Waals surface area contributed by atoms with Crippen LogP contribution in [0, 0.1) is 5.92 Å².